The van der Waals surface area contributed by atoms with Crippen molar-refractivity contribution in [2.75, 3.05) is 5.33 Å². The summed E-state index contributed by atoms with van der Waals surface area (Å²) in [7, 11) is 0. The van der Waals surface area contributed by atoms with Gasteiger partial charge < -0.3 is 5.11 Å². The Morgan fingerprint density at radius 2 is 2.23 bits per heavy atom. The van der Waals surface area contributed by atoms with Crippen LogP contribution < -0.4 is 0 Å². The summed E-state index contributed by atoms with van der Waals surface area (Å²) in [5.41, 5.74) is 0.567. The number of phenols is 1. The van der Waals surface area contributed by atoms with Gasteiger partial charge >= 0.3 is 0 Å². The molecule has 1 aromatic rings. The van der Waals surface area contributed by atoms with E-state index in [4.69, 9.17) is 0 Å². The summed E-state index contributed by atoms with van der Waals surface area (Å²) in [6, 6.07) is 4.97. The lowest BCUT2D eigenvalue weighted by Crippen LogP contribution is -1.99. The molecule has 0 amide bonds. The first-order chi connectivity index (χ1) is 6.15. The van der Waals surface area contributed by atoms with E-state index in [0.717, 1.165) is 3.57 Å². The first kappa shape index (κ1) is 11.0. The average Bonchev–Trinajstić information content (AvgIpc) is 2.10. The Bertz CT molecular complexity index is 325. The van der Waals surface area contributed by atoms with Crippen molar-refractivity contribution >= 4 is 44.3 Å². The number of hydrogen-bond acceptors (Lipinski definition) is 2. The van der Waals surface area contributed by atoms with Crippen LogP contribution in [0.5, 0.6) is 5.75 Å². The van der Waals surface area contributed by atoms with E-state index < -0.39 is 0 Å². The Balaban J connectivity index is 2.90. The minimum atomic E-state index is 0.0450. The number of carbonyl (C=O) groups is 1. The summed E-state index contributed by atoms with van der Waals surface area (Å²) >= 11 is 5.21. The second kappa shape index (κ2) is 4.95. The summed E-state index contributed by atoms with van der Waals surface area (Å²) in [5.74, 6) is 0.213. The van der Waals surface area contributed by atoms with Crippen LogP contribution in [0.2, 0.25) is 0 Å². The zero-order valence-electron chi connectivity index (χ0n) is 6.76. The van der Waals surface area contributed by atoms with Crippen molar-refractivity contribution in [3.05, 3.63) is 27.3 Å². The van der Waals surface area contributed by atoms with Gasteiger partial charge in [-0.25, -0.2) is 0 Å². The lowest BCUT2D eigenvalue weighted by atomic mass is 10.1. The van der Waals surface area contributed by atoms with E-state index in [-0.39, 0.29) is 11.5 Å². The maximum absolute atomic E-state index is 11.4. The van der Waals surface area contributed by atoms with Gasteiger partial charge in [0.2, 0.25) is 0 Å². The third-order valence-corrected chi connectivity index (χ3v) is 2.90. The number of halogens is 2. The van der Waals surface area contributed by atoms with E-state index in [9.17, 15) is 9.90 Å². The number of aromatic hydroxyl groups is 1. The van der Waals surface area contributed by atoms with Gasteiger partial charge in [0.1, 0.15) is 5.75 Å². The van der Waals surface area contributed by atoms with E-state index in [0.29, 0.717) is 17.3 Å². The van der Waals surface area contributed by atoms with Gasteiger partial charge in [0, 0.05) is 17.3 Å². The SMILES string of the molecule is O=C(CCBr)c1ccc(I)c(O)c1. The zero-order chi connectivity index (χ0) is 9.84. The van der Waals surface area contributed by atoms with Gasteiger partial charge in [-0.2, -0.15) is 0 Å². The molecule has 1 rings (SSSR count). The molecule has 2 nitrogen and oxygen atoms in total. The first-order valence-corrected chi connectivity index (χ1v) is 5.93. The molecule has 4 heteroatoms. The van der Waals surface area contributed by atoms with Crippen molar-refractivity contribution in [1.29, 1.82) is 0 Å². The van der Waals surface area contributed by atoms with Crippen LogP contribution in [0.1, 0.15) is 16.8 Å². The second-order valence-electron chi connectivity index (χ2n) is 2.53. The van der Waals surface area contributed by atoms with Gasteiger partial charge in [-0.1, -0.05) is 22.0 Å². The molecule has 0 fully saturated rings. The Hall–Kier alpha value is -0.100. The van der Waals surface area contributed by atoms with Crippen LogP contribution in [0.25, 0.3) is 0 Å². The fourth-order valence-corrected chi connectivity index (χ4v) is 1.61. The Morgan fingerprint density at radius 3 is 2.77 bits per heavy atom. The highest BCUT2D eigenvalue weighted by Gasteiger charge is 2.06. The van der Waals surface area contributed by atoms with Crippen LogP contribution in [-0.4, -0.2) is 16.2 Å². The zero-order valence-corrected chi connectivity index (χ0v) is 10.5. The number of benzene rings is 1. The summed E-state index contributed by atoms with van der Waals surface area (Å²) < 4.78 is 0.757. The highest BCUT2D eigenvalue weighted by Crippen LogP contribution is 2.21. The maximum atomic E-state index is 11.4. The predicted octanol–water partition coefficient (Wildman–Crippen LogP) is 2.96. The van der Waals surface area contributed by atoms with Gasteiger partial charge in [0.25, 0.3) is 0 Å². The molecule has 0 aliphatic rings. The van der Waals surface area contributed by atoms with Gasteiger partial charge in [-0.15, -0.1) is 0 Å². The van der Waals surface area contributed by atoms with Crippen molar-refractivity contribution < 1.29 is 9.90 Å². The van der Waals surface area contributed by atoms with Crippen molar-refractivity contribution in [2.24, 2.45) is 0 Å². The van der Waals surface area contributed by atoms with E-state index in [1.807, 2.05) is 22.6 Å². The monoisotopic (exact) mass is 354 g/mol. The number of alkyl halides is 1. The van der Waals surface area contributed by atoms with Gasteiger partial charge in [0.05, 0.1) is 3.57 Å². The molecule has 0 heterocycles. The van der Waals surface area contributed by atoms with Gasteiger partial charge in [0.15, 0.2) is 5.78 Å². The van der Waals surface area contributed by atoms with Crippen LogP contribution in [0.3, 0.4) is 0 Å². The number of rotatable bonds is 3. The van der Waals surface area contributed by atoms with Gasteiger partial charge in [-0.05, 0) is 34.7 Å². The quantitative estimate of drug-likeness (QED) is 0.514. The molecule has 13 heavy (non-hydrogen) atoms. The second-order valence-corrected chi connectivity index (χ2v) is 4.48. The Labute approximate surface area is 98.6 Å². The molecule has 0 aliphatic carbocycles. The van der Waals surface area contributed by atoms with Crippen molar-refractivity contribution in [2.45, 2.75) is 6.42 Å². The summed E-state index contributed by atoms with van der Waals surface area (Å²) in [6.45, 7) is 0. The highest BCUT2D eigenvalue weighted by atomic mass is 127. The summed E-state index contributed by atoms with van der Waals surface area (Å²) in [4.78, 5) is 11.4. The smallest absolute Gasteiger partial charge is 0.163 e. The molecular formula is C9H8BrIO2. The van der Waals surface area contributed by atoms with Gasteiger partial charge in [-0.3, -0.25) is 4.79 Å². The van der Waals surface area contributed by atoms with Crippen molar-refractivity contribution in [1.82, 2.24) is 0 Å². The molecule has 1 aromatic carbocycles. The molecule has 0 aliphatic heterocycles. The largest absolute Gasteiger partial charge is 0.507 e. The Kier molecular flexibility index (Phi) is 4.18. The maximum Gasteiger partial charge on any atom is 0.163 e. The fraction of sp³-hybridized carbons (Fsp3) is 0.222. The van der Waals surface area contributed by atoms with Crippen LogP contribution in [0, 0.1) is 3.57 Å². The topological polar surface area (TPSA) is 37.3 Å². The molecule has 0 unspecified atom stereocenters. The van der Waals surface area contributed by atoms with Crippen LogP contribution in [0.15, 0.2) is 18.2 Å². The van der Waals surface area contributed by atoms with Crippen molar-refractivity contribution in [3.8, 4) is 5.75 Å². The standard InChI is InChI=1S/C9H8BrIO2/c10-4-3-8(12)6-1-2-7(11)9(13)5-6/h1-2,5,13H,3-4H2. The number of hydrogen-bond donors (Lipinski definition) is 1. The molecule has 1 N–H and O–H groups in total. The third kappa shape index (κ3) is 2.95. The highest BCUT2D eigenvalue weighted by molar-refractivity contribution is 14.1. The predicted molar refractivity (Wildman–Crippen MR) is 63.6 cm³/mol. The number of ketones is 1. The molecule has 0 radical (unpaired) electrons. The fourth-order valence-electron chi connectivity index (χ4n) is 0.916. The number of Topliss-reactive ketones (excluding diaryl/α,β-unsaturated/α-hetero) is 1. The lowest BCUT2D eigenvalue weighted by Gasteiger charge is -2.00. The Morgan fingerprint density at radius 1 is 1.54 bits per heavy atom. The molecule has 0 spiro atoms. The third-order valence-electron chi connectivity index (χ3n) is 1.59. The minimum Gasteiger partial charge on any atom is -0.507 e. The molecule has 70 valence electrons. The molecule has 0 atom stereocenters. The molecule has 0 aromatic heterocycles. The normalized spacial score (nSPS) is 10.0. The van der Waals surface area contributed by atoms with E-state index in [2.05, 4.69) is 15.9 Å². The molecule has 0 saturated heterocycles. The molecular weight excluding hydrogens is 347 g/mol. The van der Waals surface area contributed by atoms with E-state index >= 15 is 0 Å². The van der Waals surface area contributed by atoms with Crippen LogP contribution >= 0.6 is 38.5 Å². The van der Waals surface area contributed by atoms with Crippen LogP contribution in [-0.2, 0) is 0 Å². The number of phenolic OH excluding ortho intramolecular Hbond substituents is 1. The lowest BCUT2D eigenvalue weighted by molar-refractivity contribution is 0.0989. The minimum absolute atomic E-state index is 0.0450. The summed E-state index contributed by atoms with van der Waals surface area (Å²) in [5, 5.41) is 10.00. The summed E-state index contributed by atoms with van der Waals surface area (Å²) in [6.07, 6.45) is 0.458. The van der Waals surface area contributed by atoms with Crippen LogP contribution in [0.4, 0.5) is 0 Å². The molecule has 0 bridgehead atoms. The first-order valence-electron chi connectivity index (χ1n) is 3.73. The van der Waals surface area contributed by atoms with Crippen molar-refractivity contribution in [3.63, 3.8) is 0 Å². The van der Waals surface area contributed by atoms with E-state index in [1.165, 1.54) is 6.07 Å². The van der Waals surface area contributed by atoms with E-state index in [1.54, 1.807) is 12.1 Å². The number of carbonyl (C=O) groups excluding carboxylic acids is 1. The molecule has 0 saturated carbocycles. The average molecular weight is 355 g/mol.